The summed E-state index contributed by atoms with van der Waals surface area (Å²) < 4.78 is 19.2. The van der Waals surface area contributed by atoms with Crippen molar-refractivity contribution >= 4 is 23.5 Å². The molecule has 0 aromatic heterocycles. The molecule has 0 radical (unpaired) electrons. The number of nitrogens with one attached hydrogen (secondary N) is 2. The molecule has 25 heavy (non-hydrogen) atoms. The fourth-order valence-corrected chi connectivity index (χ4v) is 3.64. The number of carbonyl (C=O) groups is 1. The maximum Gasteiger partial charge on any atom is 0.319 e. The minimum atomic E-state index is -0.255. The molecule has 132 valence electrons. The molecule has 1 heterocycles. The van der Waals surface area contributed by atoms with Gasteiger partial charge in [0.1, 0.15) is 5.82 Å². The third-order valence-electron chi connectivity index (χ3n) is 3.99. The van der Waals surface area contributed by atoms with E-state index in [1.807, 2.05) is 30.3 Å². The zero-order chi connectivity index (χ0) is 17.5. The van der Waals surface area contributed by atoms with Crippen molar-refractivity contribution in [1.29, 1.82) is 0 Å². The van der Waals surface area contributed by atoms with E-state index in [0.717, 1.165) is 24.3 Å². The van der Waals surface area contributed by atoms with Crippen LogP contribution in [0.25, 0.3) is 0 Å². The highest BCUT2D eigenvalue weighted by atomic mass is 32.2. The van der Waals surface area contributed by atoms with Crippen LogP contribution in [0.2, 0.25) is 0 Å². The molecule has 4 nitrogen and oxygen atoms in total. The molecule has 2 aromatic carbocycles. The molecule has 1 fully saturated rings. The van der Waals surface area contributed by atoms with Crippen LogP contribution >= 0.6 is 11.8 Å². The van der Waals surface area contributed by atoms with Gasteiger partial charge < -0.3 is 15.4 Å². The van der Waals surface area contributed by atoms with Crippen molar-refractivity contribution in [2.24, 2.45) is 0 Å². The third-order valence-corrected chi connectivity index (χ3v) is 5.11. The van der Waals surface area contributed by atoms with Crippen LogP contribution < -0.4 is 10.6 Å². The molecule has 2 amide bonds. The average molecular weight is 360 g/mol. The van der Waals surface area contributed by atoms with Crippen molar-refractivity contribution in [3.63, 3.8) is 0 Å². The van der Waals surface area contributed by atoms with Crippen LogP contribution in [0.3, 0.4) is 0 Å². The molecule has 2 aromatic rings. The Hall–Kier alpha value is -2.05. The van der Waals surface area contributed by atoms with Crippen LogP contribution in [0.1, 0.15) is 18.4 Å². The summed E-state index contributed by atoms with van der Waals surface area (Å²) in [4.78, 5) is 13.0. The predicted octanol–water partition coefficient (Wildman–Crippen LogP) is 4.42. The van der Waals surface area contributed by atoms with E-state index in [1.54, 1.807) is 12.1 Å². The highest BCUT2D eigenvalue weighted by Gasteiger charge is 2.16. The molecule has 1 atom stereocenters. The van der Waals surface area contributed by atoms with Crippen molar-refractivity contribution in [1.82, 2.24) is 5.32 Å². The third kappa shape index (κ3) is 5.21. The molecule has 1 saturated heterocycles. The Kier molecular flexibility index (Phi) is 6.30. The van der Waals surface area contributed by atoms with Gasteiger partial charge in [0.05, 0.1) is 11.8 Å². The highest BCUT2D eigenvalue weighted by molar-refractivity contribution is 7.98. The van der Waals surface area contributed by atoms with Crippen LogP contribution in [0.5, 0.6) is 0 Å². The first-order valence-electron chi connectivity index (χ1n) is 8.34. The number of halogens is 1. The van der Waals surface area contributed by atoms with Gasteiger partial charge in [-0.05, 0) is 36.6 Å². The van der Waals surface area contributed by atoms with Crippen LogP contribution in [0.15, 0.2) is 53.4 Å². The number of rotatable bonds is 6. The Morgan fingerprint density at radius 3 is 2.80 bits per heavy atom. The Bertz CT molecular complexity index is 720. The SMILES string of the molecule is O=C(NCC1CCCO1)Nc1ccccc1SCc1ccccc1F. The summed E-state index contributed by atoms with van der Waals surface area (Å²) in [6.07, 6.45) is 2.13. The number of thioether (sulfide) groups is 1. The van der Waals surface area contributed by atoms with E-state index in [4.69, 9.17) is 4.74 Å². The molecule has 0 bridgehead atoms. The predicted molar refractivity (Wildman–Crippen MR) is 98.4 cm³/mol. The first kappa shape index (κ1) is 17.8. The maximum atomic E-state index is 13.7. The minimum absolute atomic E-state index is 0.108. The van der Waals surface area contributed by atoms with Gasteiger partial charge in [-0.25, -0.2) is 9.18 Å². The first-order chi connectivity index (χ1) is 12.2. The smallest absolute Gasteiger partial charge is 0.319 e. The van der Waals surface area contributed by atoms with E-state index in [2.05, 4.69) is 10.6 Å². The van der Waals surface area contributed by atoms with Gasteiger partial charge in [0, 0.05) is 23.8 Å². The average Bonchev–Trinajstić information content (AvgIpc) is 3.14. The molecule has 2 N–H and O–H groups in total. The summed E-state index contributed by atoms with van der Waals surface area (Å²) in [6.45, 7) is 1.28. The number of hydrogen-bond donors (Lipinski definition) is 2. The maximum absolute atomic E-state index is 13.7. The van der Waals surface area contributed by atoms with Crippen molar-refractivity contribution in [2.75, 3.05) is 18.5 Å². The molecule has 0 saturated carbocycles. The molecule has 1 aliphatic heterocycles. The van der Waals surface area contributed by atoms with Gasteiger partial charge in [-0.3, -0.25) is 0 Å². The van der Waals surface area contributed by atoms with Crippen molar-refractivity contribution in [2.45, 2.75) is 29.6 Å². The molecule has 6 heteroatoms. The lowest BCUT2D eigenvalue weighted by Gasteiger charge is -2.14. The monoisotopic (exact) mass is 360 g/mol. The summed E-state index contributed by atoms with van der Waals surface area (Å²) in [5.41, 5.74) is 1.36. The fraction of sp³-hybridized carbons (Fsp3) is 0.316. The Balaban J connectivity index is 1.56. The van der Waals surface area contributed by atoms with E-state index in [1.165, 1.54) is 17.8 Å². The molecule has 1 aliphatic rings. The van der Waals surface area contributed by atoms with Crippen molar-refractivity contribution < 1.29 is 13.9 Å². The molecule has 0 aliphatic carbocycles. The lowest BCUT2D eigenvalue weighted by atomic mass is 10.2. The summed E-state index contributed by atoms with van der Waals surface area (Å²) in [5.74, 6) is 0.290. The molecule has 1 unspecified atom stereocenters. The zero-order valence-electron chi connectivity index (χ0n) is 13.8. The van der Waals surface area contributed by atoms with Gasteiger partial charge in [-0.1, -0.05) is 30.3 Å². The fourth-order valence-electron chi connectivity index (χ4n) is 2.65. The Labute approximate surface area is 151 Å². The van der Waals surface area contributed by atoms with E-state index in [-0.39, 0.29) is 18.0 Å². The Morgan fingerprint density at radius 1 is 1.20 bits per heavy atom. The van der Waals surface area contributed by atoms with Gasteiger partial charge in [0.15, 0.2) is 0 Å². The normalized spacial score (nSPS) is 16.6. The highest BCUT2D eigenvalue weighted by Crippen LogP contribution is 2.30. The number of anilines is 1. The van der Waals surface area contributed by atoms with E-state index in [9.17, 15) is 9.18 Å². The number of carbonyl (C=O) groups excluding carboxylic acids is 1. The number of amides is 2. The number of ether oxygens (including phenoxy) is 1. The standard InChI is InChI=1S/C19H21FN2O2S/c20-16-8-2-1-6-14(16)13-25-18-10-4-3-9-17(18)22-19(23)21-12-15-7-5-11-24-15/h1-4,6,8-10,15H,5,7,11-13H2,(H2,21,22,23). The van der Waals surface area contributed by atoms with Crippen LogP contribution in [0, 0.1) is 5.82 Å². The lowest BCUT2D eigenvalue weighted by Crippen LogP contribution is -2.35. The van der Waals surface area contributed by atoms with Crippen molar-refractivity contribution in [3.05, 3.63) is 59.9 Å². The first-order valence-corrected chi connectivity index (χ1v) is 9.32. The number of para-hydroxylation sites is 1. The van der Waals surface area contributed by atoms with E-state index < -0.39 is 0 Å². The lowest BCUT2D eigenvalue weighted by molar-refractivity contribution is 0.112. The van der Waals surface area contributed by atoms with Gasteiger partial charge in [0.2, 0.25) is 0 Å². The Morgan fingerprint density at radius 2 is 2.00 bits per heavy atom. The van der Waals surface area contributed by atoms with Crippen molar-refractivity contribution in [3.8, 4) is 0 Å². The quantitative estimate of drug-likeness (QED) is 0.750. The van der Waals surface area contributed by atoms with Gasteiger partial charge in [-0.15, -0.1) is 11.8 Å². The molecular formula is C19H21FN2O2S. The minimum Gasteiger partial charge on any atom is -0.376 e. The van der Waals surface area contributed by atoms with E-state index >= 15 is 0 Å². The van der Waals surface area contributed by atoms with Crippen LogP contribution in [-0.4, -0.2) is 25.3 Å². The summed E-state index contributed by atoms with van der Waals surface area (Å²) >= 11 is 1.49. The topological polar surface area (TPSA) is 50.4 Å². The summed E-state index contributed by atoms with van der Waals surface area (Å²) in [5, 5.41) is 5.70. The molecular weight excluding hydrogens is 339 g/mol. The zero-order valence-corrected chi connectivity index (χ0v) is 14.7. The van der Waals surface area contributed by atoms with Crippen LogP contribution in [0.4, 0.5) is 14.9 Å². The van der Waals surface area contributed by atoms with E-state index in [0.29, 0.717) is 23.5 Å². The van der Waals surface area contributed by atoms with Gasteiger partial charge in [0.25, 0.3) is 0 Å². The summed E-state index contributed by atoms with van der Waals surface area (Å²) in [7, 11) is 0. The van der Waals surface area contributed by atoms with Gasteiger partial charge >= 0.3 is 6.03 Å². The number of urea groups is 1. The largest absolute Gasteiger partial charge is 0.376 e. The van der Waals surface area contributed by atoms with Crippen LogP contribution in [-0.2, 0) is 10.5 Å². The second-order valence-corrected chi connectivity index (χ2v) is 6.86. The number of hydrogen-bond acceptors (Lipinski definition) is 3. The summed E-state index contributed by atoms with van der Waals surface area (Å²) in [6, 6.07) is 14.0. The number of benzene rings is 2. The molecule has 3 rings (SSSR count). The second-order valence-electron chi connectivity index (χ2n) is 5.85. The van der Waals surface area contributed by atoms with Gasteiger partial charge in [-0.2, -0.15) is 0 Å². The second kappa shape index (κ2) is 8.87. The molecule has 0 spiro atoms.